The lowest BCUT2D eigenvalue weighted by Crippen LogP contribution is -2.53. The molecular formula is C24H27FN4O3. The molecule has 0 spiro atoms. The monoisotopic (exact) mass is 438 g/mol. The number of anilines is 1. The predicted molar refractivity (Wildman–Crippen MR) is 118 cm³/mol. The van der Waals surface area contributed by atoms with Crippen molar-refractivity contribution in [1.29, 1.82) is 0 Å². The zero-order valence-electron chi connectivity index (χ0n) is 18.3. The van der Waals surface area contributed by atoms with Crippen molar-refractivity contribution in [3.8, 4) is 11.1 Å². The second-order valence-electron chi connectivity index (χ2n) is 8.99. The molecule has 7 nitrogen and oxygen atoms in total. The van der Waals surface area contributed by atoms with Crippen LogP contribution in [0, 0.1) is 5.82 Å². The minimum Gasteiger partial charge on any atom is -0.380 e. The van der Waals surface area contributed by atoms with Crippen LogP contribution in [-0.4, -0.2) is 65.5 Å². The number of hydrogen-bond donors (Lipinski definition) is 2. The number of nitrogens with one attached hydrogen (secondary N) is 1. The highest BCUT2D eigenvalue weighted by molar-refractivity contribution is 5.95. The third-order valence-electron chi connectivity index (χ3n) is 6.75. The largest absolute Gasteiger partial charge is 0.380 e. The minimum atomic E-state index is -1.19. The first-order valence-corrected chi connectivity index (χ1v) is 11.0. The van der Waals surface area contributed by atoms with Crippen LogP contribution in [0.5, 0.6) is 0 Å². The van der Waals surface area contributed by atoms with Crippen LogP contribution >= 0.6 is 0 Å². The van der Waals surface area contributed by atoms with Crippen LogP contribution in [0.4, 0.5) is 10.1 Å². The summed E-state index contributed by atoms with van der Waals surface area (Å²) in [5.74, 6) is -0.932. The Bertz CT molecular complexity index is 1090. The lowest BCUT2D eigenvalue weighted by Gasteiger charge is -2.35. The zero-order chi connectivity index (χ0) is 22.6. The lowest BCUT2D eigenvalue weighted by atomic mass is 9.98. The van der Waals surface area contributed by atoms with Gasteiger partial charge in [-0.05, 0) is 55.2 Å². The highest BCUT2D eigenvalue weighted by atomic mass is 19.1. The molecule has 0 aromatic heterocycles. The number of hydrogen-bond acceptors (Lipinski definition) is 5. The SMILES string of the molecule is CC1NN(C)c2ccc(-c3ccc(C(=O)N4CCN(C(=O)C5(O)CC5)CC4)cc3F)cc21. The van der Waals surface area contributed by atoms with E-state index in [1.807, 2.05) is 30.3 Å². The molecule has 32 heavy (non-hydrogen) atoms. The van der Waals surface area contributed by atoms with Crippen molar-refractivity contribution >= 4 is 17.5 Å². The molecule has 1 atom stereocenters. The summed E-state index contributed by atoms with van der Waals surface area (Å²) < 4.78 is 15.0. The van der Waals surface area contributed by atoms with Crippen molar-refractivity contribution < 1.29 is 19.1 Å². The number of nitrogens with zero attached hydrogens (tertiary/aromatic N) is 3. The van der Waals surface area contributed by atoms with Gasteiger partial charge < -0.3 is 19.9 Å². The maximum Gasteiger partial charge on any atom is 0.254 e. The average molecular weight is 439 g/mol. The molecule has 2 heterocycles. The molecule has 2 N–H and O–H groups in total. The third-order valence-corrected chi connectivity index (χ3v) is 6.75. The molecule has 1 unspecified atom stereocenters. The Morgan fingerprint density at radius 2 is 1.75 bits per heavy atom. The summed E-state index contributed by atoms with van der Waals surface area (Å²) in [6.07, 6.45) is 1.01. The van der Waals surface area contributed by atoms with Gasteiger partial charge in [0.15, 0.2) is 0 Å². The molecular weight excluding hydrogens is 411 g/mol. The molecule has 0 radical (unpaired) electrons. The molecule has 2 aromatic carbocycles. The van der Waals surface area contributed by atoms with Gasteiger partial charge in [-0.1, -0.05) is 12.1 Å². The van der Waals surface area contributed by atoms with Crippen molar-refractivity contribution in [1.82, 2.24) is 15.2 Å². The number of fused-ring (bicyclic) bond motifs is 1. The van der Waals surface area contributed by atoms with Gasteiger partial charge in [-0.25, -0.2) is 9.82 Å². The fourth-order valence-electron chi connectivity index (χ4n) is 4.61. The number of carbonyl (C=O) groups excluding carboxylic acids is 2. The summed E-state index contributed by atoms with van der Waals surface area (Å²) in [5, 5.41) is 12.0. The van der Waals surface area contributed by atoms with Crippen LogP contribution in [-0.2, 0) is 4.79 Å². The first kappa shape index (κ1) is 20.9. The van der Waals surface area contributed by atoms with Gasteiger partial charge >= 0.3 is 0 Å². The highest BCUT2D eigenvalue weighted by Crippen LogP contribution is 2.37. The van der Waals surface area contributed by atoms with Crippen LogP contribution < -0.4 is 10.4 Å². The van der Waals surface area contributed by atoms with Gasteiger partial charge in [0, 0.05) is 44.4 Å². The van der Waals surface area contributed by atoms with E-state index in [4.69, 9.17) is 0 Å². The smallest absolute Gasteiger partial charge is 0.254 e. The fraction of sp³-hybridized carbons (Fsp3) is 0.417. The van der Waals surface area contributed by atoms with E-state index >= 15 is 4.39 Å². The molecule has 8 heteroatoms. The third kappa shape index (κ3) is 3.53. The van der Waals surface area contributed by atoms with Crippen LogP contribution in [0.25, 0.3) is 11.1 Å². The second-order valence-corrected chi connectivity index (χ2v) is 8.99. The summed E-state index contributed by atoms with van der Waals surface area (Å²) in [5.41, 5.74) is 5.82. The quantitative estimate of drug-likeness (QED) is 0.769. The topological polar surface area (TPSA) is 76.1 Å². The summed E-state index contributed by atoms with van der Waals surface area (Å²) in [6.45, 7) is 3.55. The fourth-order valence-corrected chi connectivity index (χ4v) is 4.61. The van der Waals surface area contributed by atoms with E-state index in [1.54, 1.807) is 21.9 Å². The molecule has 2 fully saturated rings. The van der Waals surface area contributed by atoms with E-state index in [-0.39, 0.29) is 17.9 Å². The molecule has 2 aliphatic heterocycles. The standard InChI is InChI=1S/C24H27FN4O3/c1-15-19-13-16(4-6-21(19)27(2)26-15)18-5-3-17(14-20(18)25)22(30)28-9-11-29(12-10-28)23(31)24(32)7-8-24/h3-6,13-15,26,32H,7-12H2,1-2H3. The molecule has 168 valence electrons. The van der Waals surface area contributed by atoms with Gasteiger partial charge in [0.2, 0.25) is 0 Å². The van der Waals surface area contributed by atoms with Crippen molar-refractivity contribution in [2.75, 3.05) is 38.2 Å². The van der Waals surface area contributed by atoms with Gasteiger partial charge in [0.05, 0.1) is 11.7 Å². The van der Waals surface area contributed by atoms with E-state index in [1.165, 1.54) is 6.07 Å². The molecule has 1 saturated heterocycles. The van der Waals surface area contributed by atoms with Crippen LogP contribution in [0.2, 0.25) is 0 Å². The summed E-state index contributed by atoms with van der Waals surface area (Å²) in [7, 11) is 1.95. The normalized spacial score (nSPS) is 21.5. The van der Waals surface area contributed by atoms with E-state index < -0.39 is 11.4 Å². The molecule has 5 rings (SSSR count). The maximum absolute atomic E-state index is 15.0. The van der Waals surface area contributed by atoms with Crippen LogP contribution in [0.1, 0.15) is 41.7 Å². The number of benzene rings is 2. The molecule has 1 saturated carbocycles. The number of halogens is 1. The Kier molecular flexibility index (Phi) is 4.94. The highest BCUT2D eigenvalue weighted by Gasteiger charge is 2.50. The number of aliphatic hydroxyl groups is 1. The van der Waals surface area contributed by atoms with Gasteiger partial charge in [0.25, 0.3) is 11.8 Å². The van der Waals surface area contributed by atoms with Gasteiger partial charge in [-0.3, -0.25) is 9.59 Å². The van der Waals surface area contributed by atoms with E-state index in [0.717, 1.165) is 16.8 Å². The Morgan fingerprint density at radius 1 is 1.06 bits per heavy atom. The molecule has 0 bridgehead atoms. The van der Waals surface area contributed by atoms with Gasteiger partial charge in [0.1, 0.15) is 11.4 Å². The first-order valence-electron chi connectivity index (χ1n) is 11.0. The number of carbonyl (C=O) groups is 2. The van der Waals surface area contributed by atoms with Crippen molar-refractivity contribution in [2.24, 2.45) is 0 Å². The summed E-state index contributed by atoms with van der Waals surface area (Å²) in [6, 6.07) is 10.6. The lowest BCUT2D eigenvalue weighted by molar-refractivity contribution is -0.143. The molecule has 2 amide bonds. The summed E-state index contributed by atoms with van der Waals surface area (Å²) >= 11 is 0. The Labute approximate surface area is 186 Å². The Morgan fingerprint density at radius 3 is 2.41 bits per heavy atom. The first-order chi connectivity index (χ1) is 15.3. The van der Waals surface area contributed by atoms with Crippen LogP contribution in [0.15, 0.2) is 36.4 Å². The van der Waals surface area contributed by atoms with Gasteiger partial charge in [-0.15, -0.1) is 0 Å². The van der Waals surface area contributed by atoms with Crippen molar-refractivity contribution in [2.45, 2.75) is 31.4 Å². The number of rotatable bonds is 3. The Hall–Kier alpha value is -2.97. The van der Waals surface area contributed by atoms with Crippen molar-refractivity contribution in [3.63, 3.8) is 0 Å². The molecule has 2 aromatic rings. The molecule has 3 aliphatic rings. The minimum absolute atomic E-state index is 0.144. The van der Waals surface area contributed by atoms with E-state index in [2.05, 4.69) is 12.3 Å². The van der Waals surface area contributed by atoms with E-state index in [0.29, 0.717) is 50.1 Å². The van der Waals surface area contributed by atoms with Crippen LogP contribution in [0.3, 0.4) is 0 Å². The number of piperazine rings is 1. The van der Waals surface area contributed by atoms with Gasteiger partial charge in [-0.2, -0.15) is 0 Å². The van der Waals surface area contributed by atoms with E-state index in [9.17, 15) is 14.7 Å². The second kappa shape index (κ2) is 7.56. The summed E-state index contributed by atoms with van der Waals surface area (Å²) in [4.78, 5) is 28.4. The molecule has 1 aliphatic carbocycles. The predicted octanol–water partition coefficient (Wildman–Crippen LogP) is 2.32. The Balaban J connectivity index is 1.29. The zero-order valence-corrected chi connectivity index (χ0v) is 18.3. The average Bonchev–Trinajstić information content (AvgIpc) is 3.49. The van der Waals surface area contributed by atoms with Crippen molar-refractivity contribution in [3.05, 3.63) is 53.3 Å². The number of hydrazine groups is 1. The maximum atomic E-state index is 15.0. The number of amides is 2.